The second-order valence-corrected chi connectivity index (χ2v) is 4.19. The van der Waals surface area contributed by atoms with Crippen molar-refractivity contribution in [3.63, 3.8) is 0 Å². The summed E-state index contributed by atoms with van der Waals surface area (Å²) in [5.41, 5.74) is 1.51. The molecule has 0 aliphatic heterocycles. The van der Waals surface area contributed by atoms with E-state index in [1.54, 1.807) is 12.1 Å². The van der Waals surface area contributed by atoms with Crippen molar-refractivity contribution in [1.29, 1.82) is 0 Å². The van der Waals surface area contributed by atoms with Gasteiger partial charge in [-0.1, -0.05) is 41.9 Å². The minimum absolute atomic E-state index is 0.0153. The maximum absolute atomic E-state index is 10.9. The fourth-order valence-corrected chi connectivity index (χ4v) is 1.76. The maximum Gasteiger partial charge on any atom is 0.293 e. The number of halogens is 1. The molecule has 0 radical (unpaired) electrons. The lowest BCUT2D eigenvalue weighted by Gasteiger charge is -2.07. The Labute approximate surface area is 109 Å². The van der Waals surface area contributed by atoms with Crippen molar-refractivity contribution >= 4 is 23.0 Å². The molecule has 0 saturated heterocycles. The summed E-state index contributed by atoms with van der Waals surface area (Å²) < 4.78 is 0. The quantitative estimate of drug-likeness (QED) is 0.672. The molecule has 92 valence electrons. The molecule has 0 aromatic heterocycles. The second-order valence-electron chi connectivity index (χ2n) is 3.76. The monoisotopic (exact) mass is 262 g/mol. The van der Waals surface area contributed by atoms with Gasteiger partial charge in [0.25, 0.3) is 5.69 Å². The third-order valence-corrected chi connectivity index (χ3v) is 2.72. The van der Waals surface area contributed by atoms with E-state index < -0.39 is 4.92 Å². The lowest BCUT2D eigenvalue weighted by Crippen LogP contribution is -2.02. The van der Waals surface area contributed by atoms with Crippen LogP contribution in [0.1, 0.15) is 5.56 Å². The Hall–Kier alpha value is -2.07. The summed E-state index contributed by atoms with van der Waals surface area (Å²) in [5.74, 6) is 0. The van der Waals surface area contributed by atoms with Crippen molar-refractivity contribution in [3.05, 3.63) is 69.2 Å². The average molecular weight is 263 g/mol. The smallest absolute Gasteiger partial charge is 0.293 e. The van der Waals surface area contributed by atoms with Crippen LogP contribution in [0.2, 0.25) is 5.02 Å². The topological polar surface area (TPSA) is 55.2 Å². The van der Waals surface area contributed by atoms with E-state index in [0.717, 1.165) is 5.56 Å². The van der Waals surface area contributed by atoms with E-state index in [9.17, 15) is 10.1 Å². The van der Waals surface area contributed by atoms with Gasteiger partial charge < -0.3 is 5.32 Å². The van der Waals surface area contributed by atoms with Crippen molar-refractivity contribution in [3.8, 4) is 0 Å². The SMILES string of the molecule is O=[N+]([O-])c1cc(Cl)ccc1NCc1ccccc1. The molecule has 5 heteroatoms. The van der Waals surface area contributed by atoms with E-state index in [1.165, 1.54) is 6.07 Å². The van der Waals surface area contributed by atoms with Gasteiger partial charge in [-0.15, -0.1) is 0 Å². The first kappa shape index (κ1) is 12.4. The summed E-state index contributed by atoms with van der Waals surface area (Å²) in [4.78, 5) is 10.4. The van der Waals surface area contributed by atoms with Crippen LogP contribution in [0.4, 0.5) is 11.4 Å². The Morgan fingerprint density at radius 2 is 1.89 bits per heavy atom. The molecule has 4 nitrogen and oxygen atoms in total. The molecule has 0 aliphatic rings. The number of rotatable bonds is 4. The van der Waals surface area contributed by atoms with Gasteiger partial charge in [0, 0.05) is 17.6 Å². The predicted molar refractivity (Wildman–Crippen MR) is 71.9 cm³/mol. The largest absolute Gasteiger partial charge is 0.375 e. The minimum atomic E-state index is -0.445. The minimum Gasteiger partial charge on any atom is -0.375 e. The van der Waals surface area contributed by atoms with E-state index in [4.69, 9.17) is 11.6 Å². The molecule has 1 N–H and O–H groups in total. The standard InChI is InChI=1S/C13H11ClN2O2/c14-11-6-7-12(13(8-11)16(17)18)15-9-10-4-2-1-3-5-10/h1-8,15H,9H2. The molecule has 2 aromatic rings. The fourth-order valence-electron chi connectivity index (χ4n) is 1.60. The first-order valence-electron chi connectivity index (χ1n) is 5.38. The van der Waals surface area contributed by atoms with Crippen molar-refractivity contribution in [2.45, 2.75) is 6.54 Å². The molecule has 0 saturated carbocycles. The normalized spacial score (nSPS) is 10.1. The van der Waals surface area contributed by atoms with Crippen LogP contribution in [0.25, 0.3) is 0 Å². The molecule has 0 heterocycles. The molecular weight excluding hydrogens is 252 g/mol. The van der Waals surface area contributed by atoms with Gasteiger partial charge >= 0.3 is 0 Å². The number of nitro groups is 1. The maximum atomic E-state index is 10.9. The van der Waals surface area contributed by atoms with Crippen molar-refractivity contribution in [2.75, 3.05) is 5.32 Å². The summed E-state index contributed by atoms with van der Waals surface area (Å²) in [6.07, 6.45) is 0. The van der Waals surface area contributed by atoms with Gasteiger partial charge in [0.1, 0.15) is 5.69 Å². The summed E-state index contributed by atoms with van der Waals surface area (Å²) in [6.45, 7) is 0.531. The van der Waals surface area contributed by atoms with Gasteiger partial charge in [-0.25, -0.2) is 0 Å². The first-order valence-corrected chi connectivity index (χ1v) is 5.76. The fraction of sp³-hybridized carbons (Fsp3) is 0.0769. The number of benzene rings is 2. The molecule has 0 bridgehead atoms. The van der Waals surface area contributed by atoms with Crippen LogP contribution in [0.5, 0.6) is 0 Å². The average Bonchev–Trinajstić information content (AvgIpc) is 2.38. The van der Waals surface area contributed by atoms with Gasteiger partial charge in [-0.2, -0.15) is 0 Å². The zero-order valence-electron chi connectivity index (χ0n) is 9.47. The predicted octanol–water partition coefficient (Wildman–Crippen LogP) is 3.86. The van der Waals surface area contributed by atoms with Crippen LogP contribution >= 0.6 is 11.6 Å². The van der Waals surface area contributed by atoms with E-state index in [0.29, 0.717) is 17.3 Å². The van der Waals surface area contributed by atoms with Crippen molar-refractivity contribution in [2.24, 2.45) is 0 Å². The Bertz CT molecular complexity index is 558. The summed E-state index contributed by atoms with van der Waals surface area (Å²) >= 11 is 5.75. The number of nitro benzene ring substituents is 1. The van der Waals surface area contributed by atoms with E-state index in [1.807, 2.05) is 30.3 Å². The molecule has 0 spiro atoms. The highest BCUT2D eigenvalue weighted by Gasteiger charge is 2.13. The summed E-state index contributed by atoms with van der Waals surface area (Å²) in [5, 5.41) is 14.3. The third kappa shape index (κ3) is 2.99. The van der Waals surface area contributed by atoms with E-state index in [2.05, 4.69) is 5.32 Å². The second kappa shape index (κ2) is 5.51. The number of anilines is 1. The molecule has 0 amide bonds. The number of hydrogen-bond donors (Lipinski definition) is 1. The molecule has 2 aromatic carbocycles. The molecule has 0 fully saturated rings. The molecule has 0 atom stereocenters. The van der Waals surface area contributed by atoms with Crippen LogP contribution in [-0.2, 0) is 6.54 Å². The van der Waals surface area contributed by atoms with Crippen LogP contribution in [-0.4, -0.2) is 4.92 Å². The third-order valence-electron chi connectivity index (χ3n) is 2.48. The zero-order valence-corrected chi connectivity index (χ0v) is 10.2. The van der Waals surface area contributed by atoms with E-state index in [-0.39, 0.29) is 5.69 Å². The van der Waals surface area contributed by atoms with Gasteiger partial charge in [-0.05, 0) is 17.7 Å². The van der Waals surface area contributed by atoms with Gasteiger partial charge in [0.2, 0.25) is 0 Å². The lowest BCUT2D eigenvalue weighted by molar-refractivity contribution is -0.383. The molecule has 2 rings (SSSR count). The summed E-state index contributed by atoms with van der Waals surface area (Å²) in [7, 11) is 0. The molecular formula is C13H11ClN2O2. The highest BCUT2D eigenvalue weighted by molar-refractivity contribution is 6.30. The zero-order chi connectivity index (χ0) is 13.0. The number of hydrogen-bond acceptors (Lipinski definition) is 3. The van der Waals surface area contributed by atoms with Crippen LogP contribution in [0.3, 0.4) is 0 Å². The van der Waals surface area contributed by atoms with E-state index >= 15 is 0 Å². The van der Waals surface area contributed by atoms with Crippen LogP contribution < -0.4 is 5.32 Å². The van der Waals surface area contributed by atoms with Gasteiger partial charge in [-0.3, -0.25) is 10.1 Å². The Morgan fingerprint density at radius 3 is 2.56 bits per heavy atom. The van der Waals surface area contributed by atoms with Gasteiger partial charge in [0.15, 0.2) is 0 Å². The first-order chi connectivity index (χ1) is 8.66. The molecule has 18 heavy (non-hydrogen) atoms. The van der Waals surface area contributed by atoms with Crippen LogP contribution in [0.15, 0.2) is 48.5 Å². The van der Waals surface area contributed by atoms with Crippen molar-refractivity contribution in [1.82, 2.24) is 0 Å². The number of nitrogens with one attached hydrogen (secondary N) is 1. The Morgan fingerprint density at radius 1 is 1.17 bits per heavy atom. The Kier molecular flexibility index (Phi) is 3.79. The highest BCUT2D eigenvalue weighted by Crippen LogP contribution is 2.28. The van der Waals surface area contributed by atoms with Gasteiger partial charge in [0.05, 0.1) is 4.92 Å². The number of nitrogens with zero attached hydrogens (tertiary/aromatic N) is 1. The highest BCUT2D eigenvalue weighted by atomic mass is 35.5. The molecule has 0 unspecified atom stereocenters. The van der Waals surface area contributed by atoms with Crippen LogP contribution in [0, 0.1) is 10.1 Å². The van der Waals surface area contributed by atoms with Crippen molar-refractivity contribution < 1.29 is 4.92 Å². The Balaban J connectivity index is 2.17. The molecule has 0 aliphatic carbocycles. The summed E-state index contributed by atoms with van der Waals surface area (Å²) in [6, 6.07) is 14.3. The lowest BCUT2D eigenvalue weighted by atomic mass is 10.2.